The zero-order chi connectivity index (χ0) is 27.3. The third kappa shape index (κ3) is 6.21. The molecule has 4 aromatic rings. The number of piperidine rings is 1. The van der Waals surface area contributed by atoms with E-state index in [-0.39, 0.29) is 30.4 Å². The molecule has 2 fully saturated rings. The van der Waals surface area contributed by atoms with Gasteiger partial charge in [-0.25, -0.2) is 4.98 Å². The average molecular weight is 539 g/mol. The number of hydrogen-bond donors (Lipinski definition) is 2. The normalized spacial score (nSPS) is 21.8. The monoisotopic (exact) mass is 538 g/mol. The third-order valence-electron chi connectivity index (χ3n) is 7.62. The number of carbonyl (C=O) groups excluding carboxylic acids is 1. The van der Waals surface area contributed by atoms with Crippen molar-refractivity contribution in [3.63, 3.8) is 0 Å². The average Bonchev–Trinajstić information content (AvgIpc) is 3.01. The molecule has 0 spiro atoms. The Bertz CT molecular complexity index is 1460. The number of ether oxygens (including phenoxy) is 2. The molecule has 2 N–H and O–H groups in total. The van der Waals surface area contributed by atoms with Crippen LogP contribution in [0.5, 0.6) is 0 Å². The number of nitrogens with one attached hydrogen (secondary N) is 1. The number of aromatic nitrogens is 2. The second-order valence-electron chi connectivity index (χ2n) is 10.5. The van der Waals surface area contributed by atoms with E-state index >= 15 is 0 Å². The van der Waals surface area contributed by atoms with Crippen LogP contribution in [-0.4, -0.2) is 51.6 Å². The molecule has 3 heterocycles. The fraction of sp³-hybridized carbons (Fsp3) is 0.344. The summed E-state index contributed by atoms with van der Waals surface area (Å²) in [6.45, 7) is 3.07. The number of hydrogen-bond acceptors (Lipinski definition) is 7. The highest BCUT2D eigenvalue weighted by Gasteiger charge is 2.33. The van der Waals surface area contributed by atoms with E-state index in [4.69, 9.17) is 9.47 Å². The lowest BCUT2D eigenvalue weighted by molar-refractivity contribution is -0.253. The molecule has 206 valence electrons. The standard InChI is InChI=1S/C32H34N4O4/c37-21-22-11-13-23(14-12-22)30-18-26(20-36-15-4-1-5-16-36)39-32(40-30)24-7-6-8-25(17-24)34-31(38)29-19-33-27-9-2-3-10-28(27)35-29/h2-3,6-14,17,19,26,30,32,37H,1,4-5,15-16,18,20-21H2,(H,34,38)/t26-,30+,32+/m1/s1. The molecule has 3 atom stereocenters. The molecule has 1 aromatic heterocycles. The summed E-state index contributed by atoms with van der Waals surface area (Å²) < 4.78 is 13.0. The third-order valence-corrected chi connectivity index (χ3v) is 7.62. The highest BCUT2D eigenvalue weighted by atomic mass is 16.7. The Balaban J connectivity index is 1.21. The minimum atomic E-state index is -0.580. The van der Waals surface area contributed by atoms with E-state index in [1.54, 1.807) is 0 Å². The second kappa shape index (κ2) is 12.2. The lowest BCUT2D eigenvalue weighted by Gasteiger charge is -2.39. The summed E-state index contributed by atoms with van der Waals surface area (Å²) in [6, 6.07) is 23.0. The van der Waals surface area contributed by atoms with Crippen LogP contribution >= 0.6 is 0 Å². The van der Waals surface area contributed by atoms with Crippen molar-refractivity contribution in [3.05, 3.63) is 101 Å². The number of benzene rings is 3. The minimum Gasteiger partial charge on any atom is -0.392 e. The fourth-order valence-corrected chi connectivity index (χ4v) is 5.49. The van der Waals surface area contributed by atoms with Gasteiger partial charge in [-0.3, -0.25) is 9.78 Å². The van der Waals surface area contributed by atoms with Crippen molar-refractivity contribution in [2.24, 2.45) is 0 Å². The first kappa shape index (κ1) is 26.5. The summed E-state index contributed by atoms with van der Waals surface area (Å²) in [4.78, 5) is 24.3. The van der Waals surface area contributed by atoms with E-state index < -0.39 is 6.29 Å². The maximum absolute atomic E-state index is 13.0. The summed E-state index contributed by atoms with van der Waals surface area (Å²) in [5.74, 6) is -0.328. The van der Waals surface area contributed by atoms with E-state index in [9.17, 15) is 9.90 Å². The van der Waals surface area contributed by atoms with Crippen LogP contribution in [0.1, 0.15) is 65.3 Å². The summed E-state index contributed by atoms with van der Waals surface area (Å²) in [6.07, 6.45) is 5.26. The molecule has 0 unspecified atom stereocenters. The molecule has 3 aromatic carbocycles. The van der Waals surface area contributed by atoms with Crippen LogP contribution < -0.4 is 5.32 Å². The highest BCUT2D eigenvalue weighted by Crippen LogP contribution is 2.39. The van der Waals surface area contributed by atoms with Gasteiger partial charge >= 0.3 is 0 Å². The van der Waals surface area contributed by atoms with E-state index in [0.29, 0.717) is 11.2 Å². The molecular weight excluding hydrogens is 504 g/mol. The minimum absolute atomic E-state index is 0.00508. The number of aliphatic hydroxyl groups is 1. The van der Waals surface area contributed by atoms with Crippen molar-refractivity contribution >= 4 is 22.6 Å². The molecule has 40 heavy (non-hydrogen) atoms. The van der Waals surface area contributed by atoms with Gasteiger partial charge in [-0.1, -0.05) is 55.0 Å². The number of carbonyl (C=O) groups is 1. The summed E-state index contributed by atoms with van der Waals surface area (Å²) in [7, 11) is 0. The summed E-state index contributed by atoms with van der Waals surface area (Å²) in [5, 5.41) is 12.4. The van der Waals surface area contributed by atoms with E-state index in [2.05, 4.69) is 20.2 Å². The molecule has 0 bridgehead atoms. The Labute approximate surface area is 234 Å². The van der Waals surface area contributed by atoms with Crippen LogP contribution in [0.4, 0.5) is 5.69 Å². The fourth-order valence-electron chi connectivity index (χ4n) is 5.49. The van der Waals surface area contributed by atoms with Crippen molar-refractivity contribution in [3.8, 4) is 0 Å². The van der Waals surface area contributed by atoms with Gasteiger partial charge in [0.05, 0.1) is 36.0 Å². The lowest BCUT2D eigenvalue weighted by atomic mass is 9.99. The predicted molar refractivity (Wildman–Crippen MR) is 153 cm³/mol. The van der Waals surface area contributed by atoms with Crippen LogP contribution in [0, 0.1) is 0 Å². The van der Waals surface area contributed by atoms with Crippen LogP contribution in [0.25, 0.3) is 11.0 Å². The van der Waals surface area contributed by atoms with Gasteiger partial charge in [0.2, 0.25) is 0 Å². The topological polar surface area (TPSA) is 96.8 Å². The number of likely N-dealkylation sites (tertiary alicyclic amines) is 1. The molecular formula is C32H34N4O4. The summed E-state index contributed by atoms with van der Waals surface area (Å²) in [5.41, 5.74) is 5.07. The Morgan fingerprint density at radius 2 is 1.73 bits per heavy atom. The van der Waals surface area contributed by atoms with Gasteiger partial charge in [0.25, 0.3) is 5.91 Å². The zero-order valence-corrected chi connectivity index (χ0v) is 22.4. The van der Waals surface area contributed by atoms with Gasteiger partial charge in [0.15, 0.2) is 6.29 Å². The lowest BCUT2D eigenvalue weighted by Crippen LogP contribution is -2.41. The number of rotatable bonds is 7. The summed E-state index contributed by atoms with van der Waals surface area (Å²) >= 11 is 0. The van der Waals surface area contributed by atoms with Crippen LogP contribution in [0.2, 0.25) is 0 Å². The molecule has 0 radical (unpaired) electrons. The van der Waals surface area contributed by atoms with Crippen molar-refractivity contribution < 1.29 is 19.4 Å². The molecule has 6 rings (SSSR count). The van der Waals surface area contributed by atoms with Gasteiger partial charge in [0.1, 0.15) is 5.69 Å². The second-order valence-corrected chi connectivity index (χ2v) is 10.5. The number of amides is 1. The van der Waals surface area contributed by atoms with Gasteiger partial charge < -0.3 is 24.8 Å². The maximum Gasteiger partial charge on any atom is 0.275 e. The Hall–Kier alpha value is -3.69. The Morgan fingerprint density at radius 1 is 0.925 bits per heavy atom. The van der Waals surface area contributed by atoms with Crippen LogP contribution in [0.15, 0.2) is 79.0 Å². The van der Waals surface area contributed by atoms with Gasteiger partial charge in [0, 0.05) is 24.2 Å². The van der Waals surface area contributed by atoms with Crippen LogP contribution in [-0.2, 0) is 16.1 Å². The van der Waals surface area contributed by atoms with Crippen molar-refractivity contribution in [1.82, 2.24) is 14.9 Å². The van der Waals surface area contributed by atoms with Gasteiger partial charge in [-0.05, 0) is 61.3 Å². The molecule has 2 saturated heterocycles. The number of aliphatic hydroxyl groups excluding tert-OH is 1. The number of para-hydroxylation sites is 2. The first-order chi connectivity index (χ1) is 19.6. The quantitative estimate of drug-likeness (QED) is 0.325. The predicted octanol–water partition coefficient (Wildman–Crippen LogP) is 5.41. The largest absolute Gasteiger partial charge is 0.392 e. The number of anilines is 1. The highest BCUT2D eigenvalue weighted by molar-refractivity contribution is 6.03. The van der Waals surface area contributed by atoms with E-state index in [0.717, 1.165) is 48.3 Å². The maximum atomic E-state index is 13.0. The first-order valence-corrected chi connectivity index (χ1v) is 14.0. The number of nitrogens with zero attached hydrogens (tertiary/aromatic N) is 3. The van der Waals surface area contributed by atoms with Gasteiger partial charge in [-0.2, -0.15) is 0 Å². The van der Waals surface area contributed by atoms with E-state index in [1.807, 2.05) is 72.8 Å². The van der Waals surface area contributed by atoms with Crippen molar-refractivity contribution in [2.45, 2.75) is 50.8 Å². The molecule has 2 aliphatic heterocycles. The van der Waals surface area contributed by atoms with Crippen molar-refractivity contribution in [1.29, 1.82) is 0 Å². The Morgan fingerprint density at radius 3 is 2.52 bits per heavy atom. The molecule has 1 amide bonds. The SMILES string of the molecule is O=C(Nc1cccc([C@H]2O[C@@H](CN3CCCCC3)C[C@@H](c3ccc(CO)cc3)O2)c1)c1cnc2ccccc2n1. The molecule has 8 heteroatoms. The van der Waals surface area contributed by atoms with Gasteiger partial charge in [-0.15, -0.1) is 0 Å². The molecule has 8 nitrogen and oxygen atoms in total. The number of fused-ring (bicyclic) bond motifs is 1. The Kier molecular flexibility index (Phi) is 8.11. The van der Waals surface area contributed by atoms with Crippen LogP contribution in [0.3, 0.4) is 0 Å². The molecule has 0 saturated carbocycles. The smallest absolute Gasteiger partial charge is 0.275 e. The molecule has 0 aliphatic carbocycles. The molecule has 2 aliphatic rings. The first-order valence-electron chi connectivity index (χ1n) is 14.0. The van der Waals surface area contributed by atoms with Crippen molar-refractivity contribution in [2.75, 3.05) is 25.0 Å². The van der Waals surface area contributed by atoms with E-state index in [1.165, 1.54) is 25.5 Å². The zero-order valence-electron chi connectivity index (χ0n) is 22.4.